The number of amides is 1. The minimum absolute atomic E-state index is 0.0337. The predicted molar refractivity (Wildman–Crippen MR) is 110 cm³/mol. The Labute approximate surface area is 170 Å². The van der Waals surface area contributed by atoms with Crippen LogP contribution in [0.25, 0.3) is 10.4 Å². The second kappa shape index (κ2) is 8.57. The lowest BCUT2D eigenvalue weighted by Crippen LogP contribution is -2.14. The van der Waals surface area contributed by atoms with Gasteiger partial charge in [-0.1, -0.05) is 53.5 Å². The molecule has 4 nitrogen and oxygen atoms in total. The van der Waals surface area contributed by atoms with Gasteiger partial charge in [-0.15, -0.1) is 11.3 Å². The van der Waals surface area contributed by atoms with Crippen LogP contribution in [0.3, 0.4) is 0 Å². The average molecular weight is 420 g/mol. The van der Waals surface area contributed by atoms with Crippen molar-refractivity contribution in [3.05, 3.63) is 75.1 Å². The number of thiophene rings is 1. The summed E-state index contributed by atoms with van der Waals surface area (Å²) in [5.74, 6) is -1.37. The number of nitrogens with one attached hydrogen (secondary N) is 1. The van der Waals surface area contributed by atoms with Crippen molar-refractivity contribution in [2.24, 2.45) is 0 Å². The fourth-order valence-corrected chi connectivity index (χ4v) is 4.18. The van der Waals surface area contributed by atoms with Gasteiger partial charge in [0.2, 0.25) is 5.91 Å². The van der Waals surface area contributed by atoms with E-state index in [0.29, 0.717) is 26.9 Å². The van der Waals surface area contributed by atoms with Crippen LogP contribution in [-0.2, 0) is 11.2 Å². The summed E-state index contributed by atoms with van der Waals surface area (Å²) in [6, 6.07) is 14.5. The molecule has 3 aromatic rings. The van der Waals surface area contributed by atoms with Gasteiger partial charge in [0.1, 0.15) is 5.56 Å². The Balaban J connectivity index is 1.81. The Hall–Kier alpha value is -2.34. The number of hydrogen-bond donors (Lipinski definition) is 2. The van der Waals surface area contributed by atoms with Gasteiger partial charge >= 0.3 is 5.97 Å². The van der Waals surface area contributed by atoms with Crippen molar-refractivity contribution >= 4 is 52.1 Å². The SMILES string of the molecule is O=C(CCc1ccccc1)Nc1csc(-c2cc(Cl)cc(Cl)c2)c1C(=O)O. The number of carboxylic acid groups (broad SMARTS) is 1. The molecule has 0 aliphatic carbocycles. The molecule has 0 saturated heterocycles. The van der Waals surface area contributed by atoms with E-state index in [-0.39, 0.29) is 23.6 Å². The molecular weight excluding hydrogens is 405 g/mol. The number of aryl methyl sites for hydroxylation is 1. The molecule has 0 spiro atoms. The summed E-state index contributed by atoms with van der Waals surface area (Å²) < 4.78 is 0. The number of benzene rings is 2. The molecular formula is C20H15Cl2NO3S. The van der Waals surface area contributed by atoms with Crippen LogP contribution in [0.1, 0.15) is 22.3 Å². The summed E-state index contributed by atoms with van der Waals surface area (Å²) in [6.45, 7) is 0. The Kier molecular flexibility index (Phi) is 6.16. The maximum Gasteiger partial charge on any atom is 0.339 e. The van der Waals surface area contributed by atoms with E-state index in [0.717, 1.165) is 5.56 Å². The minimum Gasteiger partial charge on any atom is -0.478 e. The van der Waals surface area contributed by atoms with E-state index in [1.807, 2.05) is 30.3 Å². The normalized spacial score (nSPS) is 10.6. The highest BCUT2D eigenvalue weighted by Gasteiger charge is 2.21. The molecule has 0 bridgehead atoms. The Bertz CT molecular complexity index is 966. The zero-order valence-electron chi connectivity index (χ0n) is 14.0. The number of carbonyl (C=O) groups excluding carboxylic acids is 1. The maximum atomic E-state index is 12.3. The summed E-state index contributed by atoms with van der Waals surface area (Å²) in [4.78, 5) is 24.6. The molecule has 7 heteroatoms. The van der Waals surface area contributed by atoms with E-state index in [9.17, 15) is 14.7 Å². The molecule has 27 heavy (non-hydrogen) atoms. The molecule has 2 N–H and O–H groups in total. The minimum atomic E-state index is -1.12. The first-order valence-corrected chi connectivity index (χ1v) is 9.72. The van der Waals surface area contributed by atoms with Crippen LogP contribution in [0, 0.1) is 0 Å². The number of hydrogen-bond acceptors (Lipinski definition) is 3. The topological polar surface area (TPSA) is 66.4 Å². The summed E-state index contributed by atoms with van der Waals surface area (Å²) in [7, 11) is 0. The standard InChI is InChI=1S/C20H15Cl2NO3S/c21-14-8-13(9-15(22)10-14)19-18(20(25)26)16(11-27-19)23-17(24)7-6-12-4-2-1-3-5-12/h1-5,8-11H,6-7H2,(H,23,24)(H,25,26). The highest BCUT2D eigenvalue weighted by atomic mass is 35.5. The second-order valence-corrected chi connectivity index (χ2v) is 7.60. The third-order valence-corrected chi connectivity index (χ3v) is 5.35. The number of carbonyl (C=O) groups is 2. The number of halogens is 2. The van der Waals surface area contributed by atoms with Crippen LogP contribution >= 0.6 is 34.5 Å². The average Bonchev–Trinajstić information content (AvgIpc) is 3.04. The fraction of sp³-hybridized carbons (Fsp3) is 0.100. The molecule has 1 aromatic heterocycles. The Morgan fingerprint density at radius 3 is 2.33 bits per heavy atom. The zero-order chi connectivity index (χ0) is 19.4. The molecule has 0 saturated carbocycles. The van der Waals surface area contributed by atoms with Gasteiger partial charge in [0.05, 0.1) is 10.6 Å². The second-order valence-electron chi connectivity index (χ2n) is 5.85. The molecule has 0 radical (unpaired) electrons. The fourth-order valence-electron chi connectivity index (χ4n) is 2.67. The molecule has 2 aromatic carbocycles. The van der Waals surface area contributed by atoms with Gasteiger partial charge in [0.25, 0.3) is 0 Å². The number of carboxylic acids is 1. The van der Waals surface area contributed by atoms with Gasteiger partial charge in [0, 0.05) is 21.8 Å². The molecule has 0 atom stereocenters. The Morgan fingerprint density at radius 2 is 1.70 bits per heavy atom. The highest BCUT2D eigenvalue weighted by molar-refractivity contribution is 7.14. The van der Waals surface area contributed by atoms with Gasteiger partial charge in [-0.05, 0) is 35.7 Å². The number of anilines is 1. The van der Waals surface area contributed by atoms with Crippen LogP contribution in [0.15, 0.2) is 53.9 Å². The summed E-state index contributed by atoms with van der Waals surface area (Å²) >= 11 is 13.3. The van der Waals surface area contributed by atoms with Crippen molar-refractivity contribution in [3.8, 4) is 10.4 Å². The molecule has 0 aliphatic rings. The first-order valence-electron chi connectivity index (χ1n) is 8.09. The van der Waals surface area contributed by atoms with E-state index < -0.39 is 5.97 Å². The van der Waals surface area contributed by atoms with Gasteiger partial charge in [-0.25, -0.2) is 4.79 Å². The van der Waals surface area contributed by atoms with Crippen molar-refractivity contribution in [1.29, 1.82) is 0 Å². The van der Waals surface area contributed by atoms with Crippen molar-refractivity contribution in [1.82, 2.24) is 0 Å². The van der Waals surface area contributed by atoms with Crippen LogP contribution in [0.4, 0.5) is 5.69 Å². The smallest absolute Gasteiger partial charge is 0.339 e. The van der Waals surface area contributed by atoms with Gasteiger partial charge in [0.15, 0.2) is 0 Å². The van der Waals surface area contributed by atoms with Crippen LogP contribution < -0.4 is 5.32 Å². The molecule has 3 rings (SSSR count). The third kappa shape index (κ3) is 4.89. The first-order chi connectivity index (χ1) is 12.9. The van der Waals surface area contributed by atoms with E-state index in [4.69, 9.17) is 23.2 Å². The third-order valence-electron chi connectivity index (χ3n) is 3.89. The largest absolute Gasteiger partial charge is 0.478 e. The number of aromatic carboxylic acids is 1. The summed E-state index contributed by atoms with van der Waals surface area (Å²) in [5.41, 5.74) is 1.95. The van der Waals surface area contributed by atoms with E-state index >= 15 is 0 Å². The summed E-state index contributed by atoms with van der Waals surface area (Å²) in [5, 5.41) is 14.8. The van der Waals surface area contributed by atoms with Crippen molar-refractivity contribution in [2.75, 3.05) is 5.32 Å². The first kappa shape index (κ1) is 19.4. The monoisotopic (exact) mass is 419 g/mol. The zero-order valence-corrected chi connectivity index (χ0v) is 16.4. The van der Waals surface area contributed by atoms with Crippen molar-refractivity contribution in [2.45, 2.75) is 12.8 Å². The lowest BCUT2D eigenvalue weighted by molar-refractivity contribution is -0.116. The molecule has 0 fully saturated rings. The van der Waals surface area contributed by atoms with Crippen molar-refractivity contribution < 1.29 is 14.7 Å². The van der Waals surface area contributed by atoms with Gasteiger partial charge in [-0.2, -0.15) is 0 Å². The van der Waals surface area contributed by atoms with E-state index in [1.54, 1.807) is 23.6 Å². The lowest BCUT2D eigenvalue weighted by atomic mass is 10.1. The van der Waals surface area contributed by atoms with Crippen LogP contribution in [0.5, 0.6) is 0 Å². The van der Waals surface area contributed by atoms with Crippen molar-refractivity contribution in [3.63, 3.8) is 0 Å². The Morgan fingerprint density at radius 1 is 1.04 bits per heavy atom. The molecule has 1 heterocycles. The van der Waals surface area contributed by atoms with Crippen LogP contribution in [-0.4, -0.2) is 17.0 Å². The quantitative estimate of drug-likeness (QED) is 0.515. The van der Waals surface area contributed by atoms with E-state index in [1.165, 1.54) is 11.3 Å². The van der Waals surface area contributed by atoms with Gasteiger partial charge < -0.3 is 10.4 Å². The summed E-state index contributed by atoms with van der Waals surface area (Å²) in [6.07, 6.45) is 0.840. The molecule has 1 amide bonds. The van der Waals surface area contributed by atoms with Crippen LogP contribution in [0.2, 0.25) is 10.0 Å². The van der Waals surface area contributed by atoms with Gasteiger partial charge in [-0.3, -0.25) is 4.79 Å². The molecule has 0 aliphatic heterocycles. The predicted octanol–water partition coefficient (Wildman–Crippen LogP) is 5.99. The lowest BCUT2D eigenvalue weighted by Gasteiger charge is -2.07. The highest BCUT2D eigenvalue weighted by Crippen LogP contribution is 2.38. The molecule has 0 unspecified atom stereocenters. The number of rotatable bonds is 6. The van der Waals surface area contributed by atoms with E-state index in [2.05, 4.69) is 5.32 Å². The maximum absolute atomic E-state index is 12.3. The molecule has 138 valence electrons.